The molecule has 0 saturated heterocycles. The van der Waals surface area contributed by atoms with Crippen molar-refractivity contribution in [3.8, 4) is 5.75 Å². The van der Waals surface area contributed by atoms with Crippen molar-refractivity contribution in [1.29, 1.82) is 0 Å². The summed E-state index contributed by atoms with van der Waals surface area (Å²) in [5.74, 6) is 0.414. The van der Waals surface area contributed by atoms with Crippen LogP contribution in [-0.4, -0.2) is 25.0 Å². The Bertz CT molecular complexity index is 950. The smallest absolute Gasteiger partial charge is 0.265 e. The van der Waals surface area contributed by atoms with Gasteiger partial charge in [0.1, 0.15) is 5.75 Å². The van der Waals surface area contributed by atoms with Crippen molar-refractivity contribution in [2.24, 2.45) is 0 Å². The van der Waals surface area contributed by atoms with E-state index in [-0.39, 0.29) is 30.9 Å². The van der Waals surface area contributed by atoms with Gasteiger partial charge in [0, 0.05) is 13.0 Å². The molecule has 0 bridgehead atoms. The molecule has 146 valence electrons. The molecule has 5 nitrogen and oxygen atoms in total. The number of benzene rings is 3. The molecule has 0 radical (unpaired) electrons. The lowest BCUT2D eigenvalue weighted by Crippen LogP contribution is -2.41. The lowest BCUT2D eigenvalue weighted by atomic mass is 9.98. The Hall–Kier alpha value is -3.60. The predicted octanol–water partition coefficient (Wildman–Crippen LogP) is 3.71. The van der Waals surface area contributed by atoms with Gasteiger partial charge in [-0.2, -0.15) is 0 Å². The number of hydrogen-bond donors (Lipinski definition) is 1. The van der Waals surface area contributed by atoms with Crippen LogP contribution in [0, 0.1) is 0 Å². The third-order valence-electron chi connectivity index (χ3n) is 4.94. The van der Waals surface area contributed by atoms with Crippen LogP contribution in [0.1, 0.15) is 23.6 Å². The van der Waals surface area contributed by atoms with Crippen molar-refractivity contribution in [3.05, 3.63) is 96.1 Å². The van der Waals surface area contributed by atoms with Crippen LogP contribution in [0.4, 0.5) is 5.69 Å². The Morgan fingerprint density at radius 2 is 1.48 bits per heavy atom. The molecule has 0 fully saturated rings. The molecule has 29 heavy (non-hydrogen) atoms. The summed E-state index contributed by atoms with van der Waals surface area (Å²) in [5, 5.41) is 3.12. The molecule has 3 aromatic carbocycles. The van der Waals surface area contributed by atoms with E-state index >= 15 is 0 Å². The molecule has 0 saturated carbocycles. The van der Waals surface area contributed by atoms with E-state index < -0.39 is 0 Å². The Balaban J connectivity index is 1.47. The minimum absolute atomic E-state index is 0.00467. The molecule has 0 aromatic heterocycles. The summed E-state index contributed by atoms with van der Waals surface area (Å²) in [6.45, 7) is 0.302. The van der Waals surface area contributed by atoms with Gasteiger partial charge in [0.25, 0.3) is 5.91 Å². The zero-order chi connectivity index (χ0) is 20.1. The SMILES string of the molecule is O=C(CCN1C(=O)COc2ccccc21)NC(c1ccccc1)c1ccccc1. The minimum atomic E-state index is -0.238. The number of rotatable bonds is 6. The summed E-state index contributed by atoms with van der Waals surface area (Å²) in [6, 6.07) is 26.9. The highest BCUT2D eigenvalue weighted by molar-refractivity contribution is 5.98. The summed E-state index contributed by atoms with van der Waals surface area (Å²) in [5.41, 5.74) is 2.74. The first-order valence-corrected chi connectivity index (χ1v) is 9.64. The number of carbonyl (C=O) groups excluding carboxylic acids is 2. The maximum absolute atomic E-state index is 12.8. The van der Waals surface area contributed by atoms with E-state index in [0.29, 0.717) is 18.0 Å². The molecule has 1 aliphatic rings. The second-order valence-corrected chi connectivity index (χ2v) is 6.87. The first-order chi connectivity index (χ1) is 14.2. The molecule has 2 amide bonds. The van der Waals surface area contributed by atoms with Gasteiger partial charge in [-0.15, -0.1) is 0 Å². The molecule has 3 aromatic rings. The van der Waals surface area contributed by atoms with E-state index in [1.807, 2.05) is 84.9 Å². The third kappa shape index (κ3) is 4.29. The minimum Gasteiger partial charge on any atom is -0.482 e. The number of ether oxygens (including phenoxy) is 1. The highest BCUT2D eigenvalue weighted by Crippen LogP contribution is 2.31. The van der Waals surface area contributed by atoms with E-state index in [4.69, 9.17) is 4.74 Å². The fourth-order valence-electron chi connectivity index (χ4n) is 3.50. The number of nitrogens with zero attached hydrogens (tertiary/aromatic N) is 1. The van der Waals surface area contributed by atoms with Gasteiger partial charge < -0.3 is 15.0 Å². The van der Waals surface area contributed by atoms with Crippen molar-refractivity contribution in [1.82, 2.24) is 5.32 Å². The Morgan fingerprint density at radius 3 is 2.14 bits per heavy atom. The zero-order valence-electron chi connectivity index (χ0n) is 16.0. The number of carbonyl (C=O) groups is 2. The van der Waals surface area contributed by atoms with Gasteiger partial charge in [-0.1, -0.05) is 72.8 Å². The third-order valence-corrected chi connectivity index (χ3v) is 4.94. The van der Waals surface area contributed by atoms with Crippen molar-refractivity contribution in [2.45, 2.75) is 12.5 Å². The molecule has 0 spiro atoms. The van der Waals surface area contributed by atoms with Crippen LogP contribution in [0.15, 0.2) is 84.9 Å². The Morgan fingerprint density at radius 1 is 0.897 bits per heavy atom. The first-order valence-electron chi connectivity index (χ1n) is 9.64. The van der Waals surface area contributed by atoms with E-state index in [0.717, 1.165) is 11.1 Å². The number of anilines is 1. The van der Waals surface area contributed by atoms with Crippen LogP contribution in [0.5, 0.6) is 5.75 Å². The largest absolute Gasteiger partial charge is 0.482 e. The molecule has 0 atom stereocenters. The van der Waals surface area contributed by atoms with E-state index in [1.165, 1.54) is 0 Å². The fraction of sp³-hybridized carbons (Fsp3) is 0.167. The molecule has 1 heterocycles. The number of amides is 2. The first kappa shape index (κ1) is 18.7. The summed E-state index contributed by atoms with van der Waals surface area (Å²) >= 11 is 0. The molecule has 1 aliphatic heterocycles. The molecular formula is C24H22N2O3. The highest BCUT2D eigenvalue weighted by atomic mass is 16.5. The molecular weight excluding hydrogens is 364 g/mol. The molecule has 0 aliphatic carbocycles. The van der Waals surface area contributed by atoms with E-state index in [1.54, 1.807) is 4.90 Å². The van der Waals surface area contributed by atoms with Crippen LogP contribution in [0.3, 0.4) is 0 Å². The molecule has 0 unspecified atom stereocenters. The maximum Gasteiger partial charge on any atom is 0.265 e. The number of nitrogens with one attached hydrogen (secondary N) is 1. The summed E-state index contributed by atoms with van der Waals surface area (Å²) in [7, 11) is 0. The molecule has 1 N–H and O–H groups in total. The van der Waals surface area contributed by atoms with Gasteiger partial charge in [0.15, 0.2) is 6.61 Å². The van der Waals surface area contributed by atoms with Crippen LogP contribution in [0.2, 0.25) is 0 Å². The van der Waals surface area contributed by atoms with Crippen LogP contribution >= 0.6 is 0 Å². The lowest BCUT2D eigenvalue weighted by Gasteiger charge is -2.29. The summed E-state index contributed by atoms with van der Waals surface area (Å²) < 4.78 is 5.46. The summed E-state index contributed by atoms with van der Waals surface area (Å²) in [6.07, 6.45) is 0.205. The van der Waals surface area contributed by atoms with Crippen molar-refractivity contribution >= 4 is 17.5 Å². The quantitative estimate of drug-likeness (QED) is 0.703. The molecule has 4 rings (SSSR count). The van der Waals surface area contributed by atoms with Crippen LogP contribution < -0.4 is 15.0 Å². The number of hydrogen-bond acceptors (Lipinski definition) is 3. The number of para-hydroxylation sites is 2. The fourth-order valence-corrected chi connectivity index (χ4v) is 3.50. The second kappa shape index (κ2) is 8.61. The van der Waals surface area contributed by atoms with Crippen molar-refractivity contribution in [2.75, 3.05) is 18.1 Å². The zero-order valence-corrected chi connectivity index (χ0v) is 16.0. The van der Waals surface area contributed by atoms with Crippen LogP contribution in [0.25, 0.3) is 0 Å². The average Bonchev–Trinajstić information content (AvgIpc) is 2.78. The number of fused-ring (bicyclic) bond motifs is 1. The van der Waals surface area contributed by atoms with Gasteiger partial charge in [-0.25, -0.2) is 0 Å². The van der Waals surface area contributed by atoms with E-state index in [9.17, 15) is 9.59 Å². The van der Waals surface area contributed by atoms with Gasteiger partial charge in [-0.05, 0) is 23.3 Å². The Kier molecular flexibility index (Phi) is 5.56. The van der Waals surface area contributed by atoms with Crippen molar-refractivity contribution in [3.63, 3.8) is 0 Å². The molecule has 5 heteroatoms. The topological polar surface area (TPSA) is 58.6 Å². The second-order valence-electron chi connectivity index (χ2n) is 6.87. The maximum atomic E-state index is 12.8. The summed E-state index contributed by atoms with van der Waals surface area (Å²) in [4.78, 5) is 26.7. The average molecular weight is 386 g/mol. The lowest BCUT2D eigenvalue weighted by molar-refractivity contribution is -0.122. The predicted molar refractivity (Wildman–Crippen MR) is 112 cm³/mol. The van der Waals surface area contributed by atoms with Crippen LogP contribution in [-0.2, 0) is 9.59 Å². The van der Waals surface area contributed by atoms with Crippen molar-refractivity contribution < 1.29 is 14.3 Å². The van der Waals surface area contributed by atoms with Gasteiger partial charge >= 0.3 is 0 Å². The van der Waals surface area contributed by atoms with E-state index in [2.05, 4.69) is 5.32 Å². The van der Waals surface area contributed by atoms with Gasteiger partial charge in [0.2, 0.25) is 5.91 Å². The monoisotopic (exact) mass is 386 g/mol. The highest BCUT2D eigenvalue weighted by Gasteiger charge is 2.26. The normalized spacial score (nSPS) is 13.0. The van der Waals surface area contributed by atoms with Gasteiger partial charge in [0.05, 0.1) is 11.7 Å². The standard InChI is InChI=1S/C24H22N2O3/c27-22(15-16-26-20-13-7-8-14-21(20)29-17-23(26)28)25-24(18-9-3-1-4-10-18)19-11-5-2-6-12-19/h1-14,24H,15-17H2,(H,25,27). The van der Waals surface area contributed by atoms with Gasteiger partial charge in [-0.3, -0.25) is 9.59 Å². The Labute approximate surface area is 169 Å².